The molecule has 0 spiro atoms. The first-order chi connectivity index (χ1) is 9.42. The highest BCUT2D eigenvalue weighted by Crippen LogP contribution is 2.34. The van der Waals surface area contributed by atoms with Crippen molar-refractivity contribution < 1.29 is 0 Å². The predicted molar refractivity (Wildman–Crippen MR) is 76.3 cm³/mol. The molecule has 0 amide bonds. The van der Waals surface area contributed by atoms with E-state index in [1.165, 1.54) is 37.0 Å². The minimum atomic E-state index is 0.845. The second kappa shape index (κ2) is 4.72. The van der Waals surface area contributed by atoms with Crippen LogP contribution in [0.3, 0.4) is 0 Å². The van der Waals surface area contributed by atoms with Crippen molar-refractivity contribution in [2.45, 2.75) is 45.2 Å². The highest BCUT2D eigenvalue weighted by molar-refractivity contribution is 7.15. The number of aryl methyl sites for hydroxylation is 2. The lowest BCUT2D eigenvalue weighted by Crippen LogP contribution is -2.28. The fourth-order valence-corrected chi connectivity index (χ4v) is 4.30. The molecule has 0 aromatic carbocycles. The van der Waals surface area contributed by atoms with Gasteiger partial charge in [-0.2, -0.15) is 0 Å². The zero-order chi connectivity index (χ0) is 12.7. The Morgan fingerprint density at radius 1 is 1.16 bits per heavy atom. The maximum atomic E-state index is 4.42. The third kappa shape index (κ3) is 2.01. The van der Waals surface area contributed by atoms with Crippen LogP contribution in [0.15, 0.2) is 6.07 Å². The zero-order valence-electron chi connectivity index (χ0n) is 11.0. The number of nitrogens with one attached hydrogen (secondary N) is 1. The molecule has 1 aliphatic carbocycles. The first-order valence-electron chi connectivity index (χ1n) is 7.16. The number of aromatic nitrogens is 3. The summed E-state index contributed by atoms with van der Waals surface area (Å²) in [6, 6.07) is 2.37. The summed E-state index contributed by atoms with van der Waals surface area (Å²) < 4.78 is 2.28. The molecule has 0 saturated heterocycles. The summed E-state index contributed by atoms with van der Waals surface area (Å²) >= 11 is 1.94. The summed E-state index contributed by atoms with van der Waals surface area (Å²) in [5.41, 5.74) is 1.56. The Morgan fingerprint density at radius 2 is 2.11 bits per heavy atom. The Hall–Kier alpha value is -1.20. The van der Waals surface area contributed by atoms with Crippen molar-refractivity contribution in [3.63, 3.8) is 0 Å². The first-order valence-corrected chi connectivity index (χ1v) is 7.98. The van der Waals surface area contributed by atoms with E-state index in [-0.39, 0.29) is 0 Å². The van der Waals surface area contributed by atoms with Crippen LogP contribution in [0.25, 0.3) is 10.7 Å². The minimum absolute atomic E-state index is 0.845. The van der Waals surface area contributed by atoms with Gasteiger partial charge < -0.3 is 9.88 Å². The summed E-state index contributed by atoms with van der Waals surface area (Å²) in [7, 11) is 0. The number of hydrogen-bond acceptors (Lipinski definition) is 4. The van der Waals surface area contributed by atoms with Crippen LogP contribution >= 0.6 is 11.3 Å². The van der Waals surface area contributed by atoms with Crippen molar-refractivity contribution in [2.24, 2.45) is 0 Å². The fraction of sp³-hybridized carbons (Fsp3) is 0.571. The number of fused-ring (bicyclic) bond motifs is 2. The average molecular weight is 274 g/mol. The Morgan fingerprint density at radius 3 is 3.11 bits per heavy atom. The normalized spacial score (nSPS) is 18.7. The highest BCUT2D eigenvalue weighted by Gasteiger charge is 2.20. The quantitative estimate of drug-likeness (QED) is 0.812. The van der Waals surface area contributed by atoms with Gasteiger partial charge in [0.1, 0.15) is 5.82 Å². The van der Waals surface area contributed by atoms with Gasteiger partial charge in [0.15, 0.2) is 5.82 Å². The van der Waals surface area contributed by atoms with Crippen molar-refractivity contribution in [2.75, 3.05) is 6.54 Å². The van der Waals surface area contributed by atoms with E-state index < -0.39 is 0 Å². The number of hydrogen-bond donors (Lipinski definition) is 1. The topological polar surface area (TPSA) is 42.7 Å². The van der Waals surface area contributed by atoms with Gasteiger partial charge in [0.25, 0.3) is 0 Å². The monoisotopic (exact) mass is 274 g/mol. The number of nitrogens with zero attached hydrogens (tertiary/aromatic N) is 3. The lowest BCUT2D eigenvalue weighted by Gasteiger charge is -2.15. The molecule has 5 heteroatoms. The standard InChI is InChI=1S/C14H18N4S/c1-2-4-10-8-12(19-11(10)5-3-1)14-17-16-13-9-15-6-7-18(13)14/h8,15H,1-7,9H2. The Kier molecular flexibility index (Phi) is 2.89. The molecular weight excluding hydrogens is 256 g/mol. The van der Waals surface area contributed by atoms with Gasteiger partial charge >= 0.3 is 0 Å². The summed E-state index contributed by atoms with van der Waals surface area (Å²) in [6.07, 6.45) is 6.56. The summed E-state index contributed by atoms with van der Waals surface area (Å²) in [6.45, 7) is 2.85. The fourth-order valence-electron chi connectivity index (χ4n) is 3.05. The summed E-state index contributed by atoms with van der Waals surface area (Å²) in [4.78, 5) is 2.89. The second-order valence-corrected chi connectivity index (χ2v) is 6.52. The van der Waals surface area contributed by atoms with Crippen LogP contribution in [0.5, 0.6) is 0 Å². The molecule has 100 valence electrons. The molecule has 0 saturated carbocycles. The smallest absolute Gasteiger partial charge is 0.174 e. The Balaban J connectivity index is 1.74. The third-order valence-corrected chi connectivity index (χ3v) is 5.32. The van der Waals surface area contributed by atoms with Crippen LogP contribution in [-0.2, 0) is 25.9 Å². The van der Waals surface area contributed by atoms with Crippen molar-refractivity contribution >= 4 is 11.3 Å². The van der Waals surface area contributed by atoms with Gasteiger partial charge in [-0.1, -0.05) is 6.42 Å². The number of thiophene rings is 1. The summed E-state index contributed by atoms with van der Waals surface area (Å²) in [5, 5.41) is 12.1. The van der Waals surface area contributed by atoms with Crippen molar-refractivity contribution in [3.05, 3.63) is 22.3 Å². The van der Waals surface area contributed by atoms with Crippen molar-refractivity contribution in [3.8, 4) is 10.7 Å². The minimum Gasteiger partial charge on any atom is -0.308 e. The van der Waals surface area contributed by atoms with E-state index in [2.05, 4.69) is 26.1 Å². The van der Waals surface area contributed by atoms with E-state index >= 15 is 0 Å². The lowest BCUT2D eigenvalue weighted by molar-refractivity contribution is 0.508. The van der Waals surface area contributed by atoms with Crippen LogP contribution in [0.1, 0.15) is 35.5 Å². The first kappa shape index (κ1) is 11.6. The molecule has 2 aromatic rings. The largest absolute Gasteiger partial charge is 0.308 e. The molecule has 4 rings (SSSR count). The molecule has 4 nitrogen and oxygen atoms in total. The molecule has 2 aromatic heterocycles. The van der Waals surface area contributed by atoms with Crippen molar-refractivity contribution in [1.29, 1.82) is 0 Å². The average Bonchev–Trinajstić information content (AvgIpc) is 2.97. The molecule has 0 radical (unpaired) electrons. The Labute approximate surface area is 116 Å². The lowest BCUT2D eigenvalue weighted by atomic mass is 10.1. The Bertz CT molecular complexity index is 575. The van der Waals surface area contributed by atoms with Crippen molar-refractivity contribution in [1.82, 2.24) is 20.1 Å². The molecule has 0 unspecified atom stereocenters. The van der Waals surface area contributed by atoms with E-state index in [0.717, 1.165) is 31.3 Å². The highest BCUT2D eigenvalue weighted by atomic mass is 32.1. The van der Waals surface area contributed by atoms with E-state index in [0.29, 0.717) is 0 Å². The van der Waals surface area contributed by atoms with Gasteiger partial charge in [-0.05, 0) is 37.3 Å². The van der Waals surface area contributed by atoms with Gasteiger partial charge in [-0.3, -0.25) is 0 Å². The molecule has 3 heterocycles. The van der Waals surface area contributed by atoms with Gasteiger partial charge in [0.05, 0.1) is 11.4 Å². The van der Waals surface area contributed by atoms with E-state index in [1.54, 1.807) is 10.4 Å². The zero-order valence-corrected chi connectivity index (χ0v) is 11.8. The van der Waals surface area contributed by atoms with Gasteiger partial charge in [-0.15, -0.1) is 21.5 Å². The van der Waals surface area contributed by atoms with Crippen LogP contribution in [0.2, 0.25) is 0 Å². The van der Waals surface area contributed by atoms with Gasteiger partial charge in [-0.25, -0.2) is 0 Å². The second-order valence-electron chi connectivity index (χ2n) is 5.39. The van der Waals surface area contributed by atoms with E-state index in [4.69, 9.17) is 0 Å². The van der Waals surface area contributed by atoms with Crippen LogP contribution < -0.4 is 5.32 Å². The maximum absolute atomic E-state index is 4.42. The third-order valence-electron chi connectivity index (χ3n) is 4.09. The predicted octanol–water partition coefficient (Wildman–Crippen LogP) is 2.38. The molecule has 1 N–H and O–H groups in total. The van der Waals surface area contributed by atoms with Crippen LogP contribution in [-0.4, -0.2) is 21.3 Å². The molecular formula is C14H18N4S. The van der Waals surface area contributed by atoms with E-state index in [9.17, 15) is 0 Å². The molecule has 1 aliphatic heterocycles. The summed E-state index contributed by atoms with van der Waals surface area (Å²) in [5.74, 6) is 2.15. The molecule has 0 atom stereocenters. The molecule has 2 aliphatic rings. The van der Waals surface area contributed by atoms with E-state index in [1.807, 2.05) is 11.3 Å². The van der Waals surface area contributed by atoms with Crippen LogP contribution in [0.4, 0.5) is 0 Å². The maximum Gasteiger partial charge on any atom is 0.174 e. The van der Waals surface area contributed by atoms with Gasteiger partial charge in [0, 0.05) is 18.0 Å². The number of rotatable bonds is 1. The molecule has 19 heavy (non-hydrogen) atoms. The molecule has 0 bridgehead atoms. The van der Waals surface area contributed by atoms with Crippen LogP contribution in [0, 0.1) is 0 Å². The van der Waals surface area contributed by atoms with Gasteiger partial charge in [0.2, 0.25) is 0 Å². The SMILES string of the molecule is c1c(-c2nnc3n2CCNC3)sc2c1CCCCC2. The molecule has 0 fully saturated rings.